The van der Waals surface area contributed by atoms with Gasteiger partial charge in [0, 0.05) is 23.2 Å². The molecule has 0 atom stereocenters. The molecule has 2 N–H and O–H groups in total. The highest BCUT2D eigenvalue weighted by Gasteiger charge is 2.25. The summed E-state index contributed by atoms with van der Waals surface area (Å²) in [5, 5.41) is 7.09. The van der Waals surface area contributed by atoms with E-state index in [9.17, 15) is 13.2 Å². The second-order valence-corrected chi connectivity index (χ2v) is 10.2. The summed E-state index contributed by atoms with van der Waals surface area (Å²) in [5.74, 6) is 0.747. The standard InChI is InChI=1S/C23H24N4O8S2/c1-5-13-6-7-16(31-2)19(8-13)37(29,30)27-21-20-17(32-3)9-14(10-18(20)35-26-21)34-23-25-12-15(36-23)11-24-22(28)33-4/h6-10,12H,5,11H2,1-4H3,(H,24,28)(H,26,27). The van der Waals surface area contributed by atoms with Crippen molar-refractivity contribution in [1.29, 1.82) is 0 Å². The number of amides is 1. The summed E-state index contributed by atoms with van der Waals surface area (Å²) >= 11 is 1.22. The number of alkyl carbamates (subject to hydrolysis) is 1. The van der Waals surface area contributed by atoms with Crippen LogP contribution in [0.1, 0.15) is 17.4 Å². The number of aryl methyl sites for hydroxylation is 1. The topological polar surface area (TPSA) is 151 Å². The van der Waals surface area contributed by atoms with Crippen molar-refractivity contribution in [3.63, 3.8) is 0 Å². The normalized spacial score (nSPS) is 11.2. The molecular formula is C23H24N4O8S2. The lowest BCUT2D eigenvalue weighted by molar-refractivity contribution is 0.170. The number of nitrogens with zero attached hydrogens (tertiary/aromatic N) is 2. The molecule has 0 spiro atoms. The largest absolute Gasteiger partial charge is 0.496 e. The molecule has 2 aromatic heterocycles. The van der Waals surface area contributed by atoms with Gasteiger partial charge in [0.25, 0.3) is 15.2 Å². The summed E-state index contributed by atoms with van der Waals surface area (Å²) < 4.78 is 55.4. The third-order valence-electron chi connectivity index (χ3n) is 5.22. The van der Waals surface area contributed by atoms with Crippen LogP contribution in [0.5, 0.6) is 22.4 Å². The summed E-state index contributed by atoms with van der Waals surface area (Å²) in [6, 6.07) is 8.05. The predicted molar refractivity (Wildman–Crippen MR) is 135 cm³/mol. The lowest BCUT2D eigenvalue weighted by Gasteiger charge is -2.12. The molecule has 12 nitrogen and oxygen atoms in total. The highest BCUT2D eigenvalue weighted by atomic mass is 32.2. The lowest BCUT2D eigenvalue weighted by atomic mass is 10.2. The van der Waals surface area contributed by atoms with E-state index in [1.165, 1.54) is 38.7 Å². The first-order valence-corrected chi connectivity index (χ1v) is 13.2. The van der Waals surface area contributed by atoms with Crippen molar-refractivity contribution in [3.8, 4) is 22.4 Å². The van der Waals surface area contributed by atoms with Crippen molar-refractivity contribution in [3.05, 3.63) is 47.0 Å². The summed E-state index contributed by atoms with van der Waals surface area (Å²) in [6.07, 6.45) is 1.66. The highest BCUT2D eigenvalue weighted by molar-refractivity contribution is 7.92. The van der Waals surface area contributed by atoms with E-state index < -0.39 is 16.1 Å². The number of hydrogen-bond donors (Lipinski definition) is 2. The van der Waals surface area contributed by atoms with Crippen LogP contribution in [0, 0.1) is 0 Å². The number of carbonyl (C=O) groups excluding carboxylic acids is 1. The molecule has 196 valence electrons. The SMILES string of the molecule is CCc1ccc(OC)c(S(=O)(=O)Nc2noc3cc(Oc4ncc(CNC(=O)OC)s4)cc(OC)c23)c1. The minimum absolute atomic E-state index is 0.0225. The van der Waals surface area contributed by atoms with Crippen LogP contribution in [-0.4, -0.2) is 46.0 Å². The Morgan fingerprint density at radius 3 is 2.59 bits per heavy atom. The van der Waals surface area contributed by atoms with E-state index in [-0.39, 0.29) is 34.3 Å². The van der Waals surface area contributed by atoms with Gasteiger partial charge in [-0.1, -0.05) is 29.5 Å². The molecule has 2 aromatic carbocycles. The number of sulfonamides is 1. The Balaban J connectivity index is 1.60. The smallest absolute Gasteiger partial charge is 0.407 e. The third kappa shape index (κ3) is 5.70. The molecule has 0 bridgehead atoms. The number of hydrogen-bond acceptors (Lipinski definition) is 11. The van der Waals surface area contributed by atoms with Crippen molar-refractivity contribution in [1.82, 2.24) is 15.5 Å². The quantitative estimate of drug-likeness (QED) is 0.293. The fourth-order valence-corrected chi connectivity index (χ4v) is 5.33. The first-order chi connectivity index (χ1) is 17.8. The number of anilines is 1. The first kappa shape index (κ1) is 26.0. The van der Waals surface area contributed by atoms with Crippen LogP contribution in [0.25, 0.3) is 11.0 Å². The van der Waals surface area contributed by atoms with E-state index in [4.69, 9.17) is 18.7 Å². The van der Waals surface area contributed by atoms with Gasteiger partial charge in [-0.3, -0.25) is 4.72 Å². The van der Waals surface area contributed by atoms with Gasteiger partial charge in [0.05, 0.1) is 27.9 Å². The van der Waals surface area contributed by atoms with E-state index >= 15 is 0 Å². The van der Waals surface area contributed by atoms with Gasteiger partial charge in [-0.05, 0) is 24.1 Å². The number of methoxy groups -OCH3 is 3. The second kappa shape index (κ2) is 10.9. The van der Waals surface area contributed by atoms with Crippen LogP contribution >= 0.6 is 11.3 Å². The lowest BCUT2D eigenvalue weighted by Crippen LogP contribution is -2.21. The molecule has 0 radical (unpaired) electrons. The third-order valence-corrected chi connectivity index (χ3v) is 7.45. The number of rotatable bonds is 10. The maximum Gasteiger partial charge on any atom is 0.407 e. The Kier molecular flexibility index (Phi) is 7.69. The number of nitrogens with one attached hydrogen (secondary N) is 2. The van der Waals surface area contributed by atoms with E-state index in [1.54, 1.807) is 30.5 Å². The molecule has 0 aliphatic heterocycles. The molecule has 4 aromatic rings. The Bertz CT molecular complexity index is 1530. The summed E-state index contributed by atoms with van der Waals surface area (Å²) in [7, 11) is 0.0304. The molecule has 37 heavy (non-hydrogen) atoms. The number of fused-ring (bicyclic) bond motifs is 1. The fourth-order valence-electron chi connectivity index (χ4n) is 3.39. The maximum atomic E-state index is 13.2. The Morgan fingerprint density at radius 2 is 1.89 bits per heavy atom. The number of carbonyl (C=O) groups is 1. The van der Waals surface area contributed by atoms with Crippen LogP contribution in [0.3, 0.4) is 0 Å². The zero-order chi connectivity index (χ0) is 26.6. The predicted octanol–water partition coefficient (Wildman–Crippen LogP) is 4.31. The van der Waals surface area contributed by atoms with Gasteiger partial charge in [-0.15, -0.1) is 0 Å². The van der Waals surface area contributed by atoms with Crippen molar-refractivity contribution in [2.75, 3.05) is 26.1 Å². The molecule has 0 fully saturated rings. The second-order valence-electron chi connectivity index (χ2n) is 7.51. The van der Waals surface area contributed by atoms with Gasteiger partial charge >= 0.3 is 6.09 Å². The van der Waals surface area contributed by atoms with Crippen molar-refractivity contribution in [2.45, 2.75) is 24.8 Å². The van der Waals surface area contributed by atoms with E-state index in [0.717, 1.165) is 10.4 Å². The first-order valence-electron chi connectivity index (χ1n) is 10.9. The maximum absolute atomic E-state index is 13.2. The van der Waals surface area contributed by atoms with Crippen molar-refractivity contribution in [2.24, 2.45) is 0 Å². The van der Waals surface area contributed by atoms with Crippen LogP contribution in [-0.2, 0) is 27.7 Å². The summed E-state index contributed by atoms with van der Waals surface area (Å²) in [5.41, 5.74) is 1.06. The zero-order valence-electron chi connectivity index (χ0n) is 20.4. The molecule has 0 aliphatic rings. The minimum Gasteiger partial charge on any atom is -0.496 e. The Labute approximate surface area is 216 Å². The van der Waals surface area contributed by atoms with Gasteiger partial charge < -0.3 is 28.8 Å². The van der Waals surface area contributed by atoms with Crippen LogP contribution < -0.4 is 24.2 Å². The van der Waals surface area contributed by atoms with Crippen molar-refractivity contribution >= 4 is 44.2 Å². The molecule has 0 aliphatic carbocycles. The van der Waals surface area contributed by atoms with Crippen LogP contribution in [0.15, 0.2) is 45.9 Å². The van der Waals surface area contributed by atoms with Crippen LogP contribution in [0.2, 0.25) is 0 Å². The number of benzene rings is 2. The van der Waals surface area contributed by atoms with Gasteiger partial charge in [0.15, 0.2) is 11.4 Å². The molecule has 0 saturated heterocycles. The number of thiazole rings is 1. The molecule has 0 saturated carbocycles. The van der Waals surface area contributed by atoms with Gasteiger partial charge in [-0.2, -0.15) is 0 Å². The Morgan fingerprint density at radius 1 is 1.11 bits per heavy atom. The molecule has 0 unspecified atom stereocenters. The van der Waals surface area contributed by atoms with Gasteiger partial charge in [0.2, 0.25) is 0 Å². The van der Waals surface area contributed by atoms with Crippen molar-refractivity contribution < 1.29 is 36.7 Å². The summed E-state index contributed by atoms with van der Waals surface area (Å²) in [4.78, 5) is 16.2. The molecular weight excluding hydrogens is 524 g/mol. The van der Waals surface area contributed by atoms with Crippen LogP contribution in [0.4, 0.5) is 10.6 Å². The zero-order valence-corrected chi connectivity index (χ0v) is 22.0. The average Bonchev–Trinajstić information content (AvgIpc) is 3.52. The summed E-state index contributed by atoms with van der Waals surface area (Å²) in [6.45, 7) is 2.15. The minimum atomic E-state index is -4.08. The van der Waals surface area contributed by atoms with Gasteiger partial charge in [-0.25, -0.2) is 18.2 Å². The highest BCUT2D eigenvalue weighted by Crippen LogP contribution is 2.39. The number of ether oxygens (including phenoxy) is 4. The fraction of sp³-hybridized carbons (Fsp3) is 0.261. The molecule has 4 rings (SSSR count). The monoisotopic (exact) mass is 548 g/mol. The van der Waals surface area contributed by atoms with Gasteiger partial charge in [0.1, 0.15) is 27.5 Å². The Hall–Kier alpha value is -4.04. The van der Waals surface area contributed by atoms with E-state index in [2.05, 4.69) is 24.9 Å². The molecule has 1 amide bonds. The van der Waals surface area contributed by atoms with E-state index in [1.807, 2.05) is 6.92 Å². The number of aromatic nitrogens is 2. The molecule has 14 heteroatoms. The average molecular weight is 549 g/mol. The molecule has 2 heterocycles. The van der Waals surface area contributed by atoms with E-state index in [0.29, 0.717) is 22.8 Å².